The second-order valence-electron chi connectivity index (χ2n) is 9.64. The predicted octanol–water partition coefficient (Wildman–Crippen LogP) is 5.93. The van der Waals surface area contributed by atoms with Crippen LogP contribution in [0.15, 0.2) is 72.3 Å². The topological polar surface area (TPSA) is 95.9 Å². The van der Waals surface area contributed by atoms with Crippen molar-refractivity contribution in [1.29, 1.82) is 0 Å². The number of hydrogen-bond donors (Lipinski definition) is 2. The predicted molar refractivity (Wildman–Crippen MR) is 148 cm³/mol. The number of amides is 2. The van der Waals surface area contributed by atoms with E-state index in [2.05, 4.69) is 5.32 Å². The number of aliphatic hydroxyl groups excluding tert-OH is 1. The molecule has 0 radical (unpaired) electrons. The average molecular weight is 513 g/mol. The molecule has 0 aromatic heterocycles. The molecule has 3 aromatic rings. The summed E-state index contributed by atoms with van der Waals surface area (Å²) in [6, 6.07) is 18.7. The van der Waals surface area contributed by atoms with Crippen molar-refractivity contribution in [2.75, 3.05) is 10.2 Å². The Labute approximate surface area is 222 Å². The molecule has 1 heterocycles. The molecule has 2 N–H and O–H groups in total. The van der Waals surface area contributed by atoms with Crippen molar-refractivity contribution in [1.82, 2.24) is 0 Å². The fourth-order valence-electron chi connectivity index (χ4n) is 4.60. The summed E-state index contributed by atoms with van der Waals surface area (Å²) < 4.78 is 5.81. The van der Waals surface area contributed by atoms with Gasteiger partial charge in [-0.05, 0) is 86.3 Å². The van der Waals surface area contributed by atoms with Crippen LogP contribution in [0.1, 0.15) is 56.0 Å². The van der Waals surface area contributed by atoms with Crippen molar-refractivity contribution >= 4 is 34.7 Å². The molecular formula is C31H32N2O5. The zero-order valence-corrected chi connectivity index (χ0v) is 22.2. The quantitative estimate of drug-likeness (QED) is 0.232. The zero-order chi connectivity index (χ0) is 27.6. The van der Waals surface area contributed by atoms with Crippen molar-refractivity contribution in [3.05, 3.63) is 94.6 Å². The lowest BCUT2D eigenvalue weighted by Gasteiger charge is -2.26. The van der Waals surface area contributed by atoms with Gasteiger partial charge < -0.3 is 15.2 Å². The number of aliphatic hydroxyl groups is 1. The number of nitrogens with one attached hydrogen (secondary N) is 1. The molecule has 38 heavy (non-hydrogen) atoms. The van der Waals surface area contributed by atoms with Gasteiger partial charge in [-0.3, -0.25) is 19.3 Å². The van der Waals surface area contributed by atoms with Gasteiger partial charge in [0.15, 0.2) is 0 Å². The van der Waals surface area contributed by atoms with Gasteiger partial charge in [0.05, 0.1) is 17.7 Å². The van der Waals surface area contributed by atoms with E-state index in [0.717, 1.165) is 17.5 Å². The summed E-state index contributed by atoms with van der Waals surface area (Å²) in [5.74, 6) is -1.28. The van der Waals surface area contributed by atoms with Crippen molar-refractivity contribution in [3.8, 4) is 5.75 Å². The molecular weight excluding hydrogens is 480 g/mol. The fourth-order valence-corrected chi connectivity index (χ4v) is 4.60. The number of carbonyl (C=O) groups excluding carboxylic acids is 3. The summed E-state index contributed by atoms with van der Waals surface area (Å²) >= 11 is 0. The van der Waals surface area contributed by atoms with Crippen LogP contribution in [0.3, 0.4) is 0 Å². The Morgan fingerprint density at radius 1 is 1.03 bits per heavy atom. The van der Waals surface area contributed by atoms with Gasteiger partial charge >= 0.3 is 0 Å². The Morgan fingerprint density at radius 2 is 1.68 bits per heavy atom. The molecule has 7 nitrogen and oxygen atoms in total. The minimum absolute atomic E-state index is 0.0124. The van der Waals surface area contributed by atoms with Crippen LogP contribution >= 0.6 is 0 Å². The highest BCUT2D eigenvalue weighted by Crippen LogP contribution is 2.42. The first-order valence-corrected chi connectivity index (χ1v) is 12.7. The number of Topliss-reactive ketones (excluding diaryl/α,β-unsaturated/α-hetero) is 1. The number of benzene rings is 3. The van der Waals surface area contributed by atoms with Gasteiger partial charge in [0, 0.05) is 23.9 Å². The lowest BCUT2D eigenvalue weighted by atomic mass is 9.94. The molecule has 3 aromatic carbocycles. The van der Waals surface area contributed by atoms with Crippen LogP contribution in [0.5, 0.6) is 5.75 Å². The molecule has 196 valence electrons. The van der Waals surface area contributed by atoms with E-state index < -0.39 is 17.7 Å². The second kappa shape index (κ2) is 10.9. The smallest absolute Gasteiger partial charge is 0.300 e. The number of ether oxygens (including phenoxy) is 1. The Balaban J connectivity index is 1.85. The van der Waals surface area contributed by atoms with Crippen LogP contribution in [0.25, 0.3) is 5.76 Å². The third kappa shape index (κ3) is 5.32. The van der Waals surface area contributed by atoms with Gasteiger partial charge in [-0.1, -0.05) is 31.2 Å². The third-order valence-corrected chi connectivity index (χ3v) is 6.43. The Bertz CT molecular complexity index is 1410. The fraction of sp³-hybridized carbons (Fsp3) is 0.258. The van der Waals surface area contributed by atoms with Crippen LogP contribution in [0, 0.1) is 6.92 Å². The van der Waals surface area contributed by atoms with Crippen LogP contribution in [-0.2, 0) is 20.8 Å². The Kier molecular flexibility index (Phi) is 7.67. The maximum absolute atomic E-state index is 13.4. The van der Waals surface area contributed by atoms with Crippen LogP contribution < -0.4 is 15.0 Å². The van der Waals surface area contributed by atoms with E-state index in [1.165, 1.54) is 11.8 Å². The first-order chi connectivity index (χ1) is 18.1. The van der Waals surface area contributed by atoms with E-state index in [4.69, 9.17) is 4.74 Å². The summed E-state index contributed by atoms with van der Waals surface area (Å²) in [5, 5.41) is 14.1. The van der Waals surface area contributed by atoms with Gasteiger partial charge in [0.1, 0.15) is 11.5 Å². The van der Waals surface area contributed by atoms with Crippen LogP contribution in [-0.4, -0.2) is 28.8 Å². The minimum Gasteiger partial charge on any atom is -0.507 e. The van der Waals surface area contributed by atoms with Crippen molar-refractivity contribution in [3.63, 3.8) is 0 Å². The largest absolute Gasteiger partial charge is 0.507 e. The van der Waals surface area contributed by atoms with Crippen molar-refractivity contribution in [2.45, 2.75) is 53.2 Å². The lowest BCUT2D eigenvalue weighted by Crippen LogP contribution is -2.29. The van der Waals surface area contributed by atoms with Gasteiger partial charge in [-0.2, -0.15) is 0 Å². The number of ketones is 1. The van der Waals surface area contributed by atoms with Crippen LogP contribution in [0.4, 0.5) is 11.4 Å². The molecule has 7 heteroatoms. The first-order valence-electron chi connectivity index (χ1n) is 12.7. The zero-order valence-electron chi connectivity index (χ0n) is 22.2. The number of carbonyl (C=O) groups is 3. The van der Waals surface area contributed by atoms with Crippen LogP contribution in [0.2, 0.25) is 0 Å². The van der Waals surface area contributed by atoms with Gasteiger partial charge in [-0.25, -0.2) is 0 Å². The van der Waals surface area contributed by atoms with E-state index in [9.17, 15) is 19.5 Å². The number of rotatable bonds is 7. The maximum Gasteiger partial charge on any atom is 0.300 e. The van der Waals surface area contributed by atoms with E-state index in [0.29, 0.717) is 28.3 Å². The molecule has 0 saturated carbocycles. The summed E-state index contributed by atoms with van der Waals surface area (Å²) in [7, 11) is 0. The molecule has 1 aliphatic heterocycles. The average Bonchev–Trinajstić information content (AvgIpc) is 3.15. The summed E-state index contributed by atoms with van der Waals surface area (Å²) in [6.07, 6.45) is 0.830. The molecule has 0 spiro atoms. The normalized spacial score (nSPS) is 16.7. The molecule has 1 saturated heterocycles. The Hall–Kier alpha value is -4.39. The number of aryl methyl sites for hydroxylation is 2. The molecule has 4 rings (SSSR count). The molecule has 1 aliphatic rings. The number of hydrogen-bond acceptors (Lipinski definition) is 5. The molecule has 2 amide bonds. The Morgan fingerprint density at radius 3 is 2.24 bits per heavy atom. The minimum atomic E-state index is -0.834. The summed E-state index contributed by atoms with van der Waals surface area (Å²) in [5.41, 5.74) is 4.10. The summed E-state index contributed by atoms with van der Waals surface area (Å²) in [4.78, 5) is 39.7. The summed E-state index contributed by atoms with van der Waals surface area (Å²) in [6.45, 7) is 9.19. The SMILES string of the molecule is CCc1ccc(C2/C(=C(/O)c3ccc(OC(C)C)c(C)c3)C(=O)C(=O)N2c2ccc(NC(C)=O)cc2)cc1. The van der Waals surface area contributed by atoms with Gasteiger partial charge in [0.25, 0.3) is 11.7 Å². The van der Waals surface area contributed by atoms with E-state index in [-0.39, 0.29) is 23.3 Å². The third-order valence-electron chi connectivity index (χ3n) is 6.43. The highest BCUT2D eigenvalue weighted by molar-refractivity contribution is 6.51. The highest BCUT2D eigenvalue weighted by Gasteiger charge is 2.47. The maximum atomic E-state index is 13.4. The van der Waals surface area contributed by atoms with E-state index in [1.807, 2.05) is 52.0 Å². The lowest BCUT2D eigenvalue weighted by molar-refractivity contribution is -0.132. The van der Waals surface area contributed by atoms with E-state index in [1.54, 1.807) is 42.5 Å². The monoisotopic (exact) mass is 512 g/mol. The second-order valence-corrected chi connectivity index (χ2v) is 9.64. The standard InChI is InChI=1S/C31H32N2O5/c1-6-21-7-9-22(10-8-21)28-27(29(35)23-11-16-26(19(4)17-23)38-18(2)3)30(36)31(37)33(28)25-14-12-24(13-15-25)32-20(5)34/h7-18,28,35H,6H2,1-5H3,(H,32,34)/b29-27-. The number of anilines is 2. The van der Waals surface area contributed by atoms with Gasteiger partial charge in [-0.15, -0.1) is 0 Å². The number of nitrogens with zero attached hydrogens (tertiary/aromatic N) is 1. The van der Waals surface area contributed by atoms with Crippen molar-refractivity contribution in [2.24, 2.45) is 0 Å². The molecule has 1 unspecified atom stereocenters. The molecule has 0 aliphatic carbocycles. The molecule has 1 fully saturated rings. The molecule has 1 atom stereocenters. The van der Waals surface area contributed by atoms with Gasteiger partial charge in [0.2, 0.25) is 5.91 Å². The van der Waals surface area contributed by atoms with E-state index >= 15 is 0 Å². The molecule has 0 bridgehead atoms. The first kappa shape index (κ1) is 26.7. The van der Waals surface area contributed by atoms with Crippen molar-refractivity contribution < 1.29 is 24.2 Å². The highest BCUT2D eigenvalue weighted by atomic mass is 16.5.